The van der Waals surface area contributed by atoms with E-state index in [1.54, 1.807) is 36.1 Å². The van der Waals surface area contributed by atoms with E-state index in [1.165, 1.54) is 0 Å². The average Bonchev–Trinajstić information content (AvgIpc) is 3.51. The fraction of sp³-hybridized carbons (Fsp3) is 0.536. The van der Waals surface area contributed by atoms with E-state index >= 15 is 0 Å². The van der Waals surface area contributed by atoms with Crippen LogP contribution in [0.1, 0.15) is 57.0 Å². The van der Waals surface area contributed by atoms with Crippen molar-refractivity contribution in [3.8, 4) is 11.3 Å². The smallest absolute Gasteiger partial charge is 0.311 e. The lowest BCUT2D eigenvalue weighted by molar-refractivity contribution is -0.154. The second-order valence-corrected chi connectivity index (χ2v) is 10.6. The van der Waals surface area contributed by atoms with Crippen molar-refractivity contribution in [1.29, 1.82) is 0 Å². The lowest BCUT2D eigenvalue weighted by Gasteiger charge is -2.43. The van der Waals surface area contributed by atoms with Crippen LogP contribution in [0, 0.1) is 5.92 Å². The lowest BCUT2D eigenvalue weighted by atomic mass is 9.80. The molecule has 0 bridgehead atoms. The van der Waals surface area contributed by atoms with Gasteiger partial charge in [0.25, 0.3) is 5.91 Å². The van der Waals surface area contributed by atoms with Crippen molar-refractivity contribution >= 4 is 29.4 Å². The topological polar surface area (TPSA) is 92.1 Å². The first-order chi connectivity index (χ1) is 17.7. The van der Waals surface area contributed by atoms with Crippen molar-refractivity contribution in [2.45, 2.75) is 70.6 Å². The number of nitrogens with zero attached hydrogens (tertiary/aromatic N) is 2. The second kappa shape index (κ2) is 11.7. The third kappa shape index (κ3) is 6.02. The number of furan rings is 1. The predicted molar refractivity (Wildman–Crippen MR) is 141 cm³/mol. The molecule has 1 aliphatic heterocycles. The second-order valence-electron chi connectivity index (χ2n) is 10.2. The number of carbonyl (C=O) groups excluding carboxylic acids is 3. The van der Waals surface area contributed by atoms with Crippen LogP contribution in [0.25, 0.3) is 11.3 Å². The molecule has 4 unspecified atom stereocenters. The van der Waals surface area contributed by atoms with E-state index in [9.17, 15) is 14.4 Å². The summed E-state index contributed by atoms with van der Waals surface area (Å²) in [5.41, 5.74) is 0.801. The van der Waals surface area contributed by atoms with E-state index in [1.807, 2.05) is 12.1 Å². The number of amides is 2. The van der Waals surface area contributed by atoms with Gasteiger partial charge in [-0.3, -0.25) is 14.4 Å². The number of carbonyl (C=O) groups is 3. The van der Waals surface area contributed by atoms with E-state index in [4.69, 9.17) is 20.8 Å². The monoisotopic (exact) mass is 529 g/mol. The summed E-state index contributed by atoms with van der Waals surface area (Å²) in [6.45, 7) is 6.87. The maximum atomic E-state index is 13.4. The molecule has 4 atom stereocenters. The number of esters is 1. The van der Waals surface area contributed by atoms with Gasteiger partial charge in [0.2, 0.25) is 5.91 Å². The Kier molecular flexibility index (Phi) is 8.60. The zero-order valence-electron chi connectivity index (χ0n) is 21.9. The van der Waals surface area contributed by atoms with Crippen LogP contribution in [0.3, 0.4) is 0 Å². The molecule has 200 valence electrons. The summed E-state index contributed by atoms with van der Waals surface area (Å²) in [6, 6.07) is 10.2. The van der Waals surface area contributed by atoms with Gasteiger partial charge in [0, 0.05) is 35.3 Å². The van der Waals surface area contributed by atoms with Crippen molar-refractivity contribution < 1.29 is 23.5 Å². The van der Waals surface area contributed by atoms with Gasteiger partial charge in [0.05, 0.1) is 12.5 Å². The SMILES string of the molecule is CCOC(=O)C1CC(N(C)C(C)C)CCC1N1CCC(NC(=O)c2ccc(-c3ccc(Cl)cc3)o2)C1=O. The third-order valence-corrected chi connectivity index (χ3v) is 7.92. The van der Waals surface area contributed by atoms with Crippen LogP contribution >= 0.6 is 11.6 Å². The Balaban J connectivity index is 1.42. The third-order valence-electron chi connectivity index (χ3n) is 7.67. The summed E-state index contributed by atoms with van der Waals surface area (Å²) < 4.78 is 11.1. The molecule has 2 amide bonds. The Morgan fingerprint density at radius 1 is 1.16 bits per heavy atom. The molecule has 1 aliphatic carbocycles. The van der Waals surface area contributed by atoms with Crippen LogP contribution in [0.5, 0.6) is 0 Å². The lowest BCUT2D eigenvalue weighted by Crippen LogP contribution is -2.53. The summed E-state index contributed by atoms with van der Waals surface area (Å²) in [5, 5.41) is 3.44. The molecule has 9 heteroatoms. The van der Waals surface area contributed by atoms with Gasteiger partial charge in [-0.1, -0.05) is 11.6 Å². The number of rotatable bonds is 8. The van der Waals surface area contributed by atoms with Crippen molar-refractivity contribution in [1.82, 2.24) is 15.1 Å². The summed E-state index contributed by atoms with van der Waals surface area (Å²) in [6.07, 6.45) is 2.76. The van der Waals surface area contributed by atoms with Crippen molar-refractivity contribution in [2.75, 3.05) is 20.2 Å². The summed E-state index contributed by atoms with van der Waals surface area (Å²) >= 11 is 5.95. The van der Waals surface area contributed by atoms with Gasteiger partial charge in [-0.05, 0) is 89.9 Å². The number of hydrogen-bond donors (Lipinski definition) is 1. The van der Waals surface area contributed by atoms with Gasteiger partial charge in [-0.2, -0.15) is 0 Å². The van der Waals surface area contributed by atoms with Crippen LogP contribution in [0.2, 0.25) is 5.02 Å². The molecule has 2 heterocycles. The van der Waals surface area contributed by atoms with Crippen molar-refractivity contribution in [3.63, 3.8) is 0 Å². The van der Waals surface area contributed by atoms with E-state index in [2.05, 4.69) is 31.1 Å². The highest BCUT2D eigenvalue weighted by atomic mass is 35.5. The predicted octanol–water partition coefficient (Wildman–Crippen LogP) is 4.37. The first-order valence-electron chi connectivity index (χ1n) is 13.0. The minimum atomic E-state index is -0.657. The van der Waals surface area contributed by atoms with E-state index < -0.39 is 11.9 Å². The van der Waals surface area contributed by atoms with Crippen LogP contribution in [0.4, 0.5) is 0 Å². The highest BCUT2D eigenvalue weighted by molar-refractivity contribution is 6.30. The van der Waals surface area contributed by atoms with Crippen LogP contribution < -0.4 is 5.32 Å². The Labute approximate surface area is 223 Å². The van der Waals surface area contributed by atoms with Gasteiger partial charge in [-0.15, -0.1) is 0 Å². The largest absolute Gasteiger partial charge is 0.466 e. The highest BCUT2D eigenvalue weighted by Gasteiger charge is 2.46. The maximum Gasteiger partial charge on any atom is 0.311 e. The molecule has 0 radical (unpaired) electrons. The van der Waals surface area contributed by atoms with Gasteiger partial charge in [-0.25, -0.2) is 0 Å². The summed E-state index contributed by atoms with van der Waals surface area (Å²) in [5.74, 6) is -0.554. The highest BCUT2D eigenvalue weighted by Crippen LogP contribution is 2.35. The first kappa shape index (κ1) is 27.2. The molecular weight excluding hydrogens is 494 g/mol. The van der Waals surface area contributed by atoms with Crippen molar-refractivity contribution in [3.05, 3.63) is 47.2 Å². The minimum absolute atomic E-state index is 0.137. The molecule has 1 N–H and O–H groups in total. The Hall–Kier alpha value is -2.84. The van der Waals surface area contributed by atoms with E-state index in [0.717, 1.165) is 18.4 Å². The maximum absolute atomic E-state index is 13.4. The van der Waals surface area contributed by atoms with Gasteiger partial charge < -0.3 is 24.3 Å². The molecule has 37 heavy (non-hydrogen) atoms. The van der Waals surface area contributed by atoms with Crippen molar-refractivity contribution in [2.24, 2.45) is 5.92 Å². The quantitative estimate of drug-likeness (QED) is 0.510. The number of benzene rings is 1. The number of nitrogens with one attached hydrogen (secondary N) is 1. The molecule has 1 aromatic carbocycles. The summed E-state index contributed by atoms with van der Waals surface area (Å²) in [4.78, 5) is 43.3. The molecule has 2 fully saturated rings. The zero-order valence-corrected chi connectivity index (χ0v) is 22.7. The number of likely N-dealkylation sites (tertiary alicyclic amines) is 1. The van der Waals surface area contributed by atoms with E-state index in [-0.39, 0.29) is 35.6 Å². The van der Waals surface area contributed by atoms with Gasteiger partial charge in [0.1, 0.15) is 11.8 Å². The zero-order chi connectivity index (χ0) is 26.7. The number of hydrogen-bond acceptors (Lipinski definition) is 6. The fourth-order valence-electron chi connectivity index (χ4n) is 5.42. The molecule has 2 aliphatic rings. The molecular formula is C28H36ClN3O5. The standard InChI is InChI=1S/C28H36ClN3O5/c1-5-36-28(35)21-16-20(31(4)17(2)3)10-11-23(21)32-15-14-22(27(32)34)30-26(33)25-13-12-24(37-25)18-6-8-19(29)9-7-18/h6-9,12-13,17,20-23H,5,10-11,14-16H2,1-4H3,(H,30,33). The minimum Gasteiger partial charge on any atom is -0.466 e. The molecule has 1 saturated carbocycles. The van der Waals surface area contributed by atoms with E-state index in [0.29, 0.717) is 42.8 Å². The van der Waals surface area contributed by atoms with Gasteiger partial charge in [0.15, 0.2) is 5.76 Å². The molecule has 2 aromatic rings. The number of ether oxygens (including phenoxy) is 1. The molecule has 0 spiro atoms. The Morgan fingerprint density at radius 2 is 1.89 bits per heavy atom. The normalized spacial score (nSPS) is 24.1. The average molecular weight is 530 g/mol. The van der Waals surface area contributed by atoms with Crippen LogP contribution in [-0.2, 0) is 14.3 Å². The number of halogens is 1. The molecule has 1 saturated heterocycles. The Morgan fingerprint density at radius 3 is 2.57 bits per heavy atom. The molecule has 8 nitrogen and oxygen atoms in total. The van der Waals surface area contributed by atoms with Crippen LogP contribution in [-0.4, -0.2) is 72.0 Å². The summed E-state index contributed by atoms with van der Waals surface area (Å²) in [7, 11) is 2.08. The van der Waals surface area contributed by atoms with Gasteiger partial charge >= 0.3 is 5.97 Å². The fourth-order valence-corrected chi connectivity index (χ4v) is 5.55. The Bertz CT molecular complexity index is 1120. The van der Waals surface area contributed by atoms with Crippen LogP contribution in [0.15, 0.2) is 40.8 Å². The molecule has 1 aromatic heterocycles. The first-order valence-corrected chi connectivity index (χ1v) is 13.4. The molecule has 4 rings (SSSR count).